The minimum absolute atomic E-state index is 0.148. The highest BCUT2D eigenvalue weighted by Crippen LogP contribution is 2.23. The predicted octanol–water partition coefficient (Wildman–Crippen LogP) is 1.64. The normalized spacial score (nSPS) is 13.0. The number of imidazole rings is 1. The Hall–Kier alpha value is -3.81. The molecule has 0 atom stereocenters. The van der Waals surface area contributed by atoms with Gasteiger partial charge < -0.3 is 4.84 Å². The molecule has 3 heterocycles. The van der Waals surface area contributed by atoms with E-state index in [0.717, 1.165) is 0 Å². The van der Waals surface area contributed by atoms with Gasteiger partial charge in [0.1, 0.15) is 12.1 Å². The first-order valence-electron chi connectivity index (χ1n) is 7.29. The Morgan fingerprint density at radius 3 is 2.36 bits per heavy atom. The van der Waals surface area contributed by atoms with E-state index < -0.39 is 17.8 Å². The molecule has 0 bridgehead atoms. The number of aromatic nitrogens is 3. The number of carbonyl (C=O) groups is 3. The maximum absolute atomic E-state index is 12.3. The molecule has 3 aromatic rings. The number of hydroxylamine groups is 2. The van der Waals surface area contributed by atoms with E-state index >= 15 is 0 Å². The first-order chi connectivity index (χ1) is 12.1. The molecule has 0 N–H and O–H groups in total. The molecule has 122 valence electrons. The maximum Gasteiger partial charge on any atom is 0.364 e. The van der Waals surface area contributed by atoms with E-state index in [9.17, 15) is 14.4 Å². The summed E-state index contributed by atoms with van der Waals surface area (Å²) in [6.07, 6.45) is 6.20. The predicted molar refractivity (Wildman–Crippen MR) is 83.7 cm³/mol. The number of rotatable bonds is 3. The summed E-state index contributed by atoms with van der Waals surface area (Å²) in [5.41, 5.74) is 0.554. The Balaban J connectivity index is 1.58. The van der Waals surface area contributed by atoms with Crippen molar-refractivity contribution in [3.63, 3.8) is 0 Å². The summed E-state index contributed by atoms with van der Waals surface area (Å²) in [7, 11) is 0. The number of hydrogen-bond donors (Lipinski definition) is 0. The molecule has 0 fully saturated rings. The van der Waals surface area contributed by atoms with E-state index in [4.69, 9.17) is 4.84 Å². The van der Waals surface area contributed by atoms with Gasteiger partial charge in [0.15, 0.2) is 0 Å². The lowest BCUT2D eigenvalue weighted by Gasteiger charge is -2.13. The quantitative estimate of drug-likeness (QED) is 0.676. The largest absolute Gasteiger partial charge is 0.364 e. The van der Waals surface area contributed by atoms with Crippen molar-refractivity contribution in [1.82, 2.24) is 19.6 Å². The van der Waals surface area contributed by atoms with Crippen molar-refractivity contribution in [3.8, 4) is 5.82 Å². The van der Waals surface area contributed by atoms with Crippen molar-refractivity contribution >= 4 is 17.8 Å². The van der Waals surface area contributed by atoms with Crippen LogP contribution in [0.3, 0.4) is 0 Å². The second kappa shape index (κ2) is 5.68. The fourth-order valence-electron chi connectivity index (χ4n) is 2.47. The Morgan fingerprint density at radius 1 is 1.00 bits per heavy atom. The van der Waals surface area contributed by atoms with Crippen LogP contribution >= 0.6 is 0 Å². The molecule has 8 nitrogen and oxygen atoms in total. The Kier molecular flexibility index (Phi) is 3.35. The van der Waals surface area contributed by atoms with E-state index in [1.54, 1.807) is 29.1 Å². The first-order valence-corrected chi connectivity index (χ1v) is 7.29. The van der Waals surface area contributed by atoms with Crippen LogP contribution in [0.1, 0.15) is 31.1 Å². The summed E-state index contributed by atoms with van der Waals surface area (Å²) in [5, 5.41) is 0.477. The SMILES string of the molecule is O=C(ON1C(=O)c2ccccc2C1=O)c1ccnc(-n2ccnc2)c1. The molecule has 1 aromatic carbocycles. The third kappa shape index (κ3) is 2.45. The van der Waals surface area contributed by atoms with Crippen molar-refractivity contribution in [2.24, 2.45) is 0 Å². The molecule has 0 aliphatic carbocycles. The molecule has 25 heavy (non-hydrogen) atoms. The zero-order valence-corrected chi connectivity index (χ0v) is 12.7. The minimum Gasteiger partial charge on any atom is -0.324 e. The average molecular weight is 334 g/mol. The van der Waals surface area contributed by atoms with Gasteiger partial charge in [-0.15, -0.1) is 0 Å². The molecule has 0 saturated carbocycles. The number of fused-ring (bicyclic) bond motifs is 1. The Bertz CT molecular complexity index is 962. The van der Waals surface area contributed by atoms with E-state index in [1.807, 2.05) is 0 Å². The molecular formula is C17H10N4O4. The molecule has 2 amide bonds. The van der Waals surface area contributed by atoms with Gasteiger partial charge >= 0.3 is 5.97 Å². The first kappa shape index (κ1) is 14.8. The highest BCUT2D eigenvalue weighted by Gasteiger charge is 2.38. The molecule has 0 spiro atoms. The third-order valence-electron chi connectivity index (χ3n) is 3.68. The van der Waals surface area contributed by atoms with Crippen LogP contribution in [-0.4, -0.2) is 37.4 Å². The smallest absolute Gasteiger partial charge is 0.324 e. The van der Waals surface area contributed by atoms with Gasteiger partial charge in [-0.3, -0.25) is 14.2 Å². The number of amides is 2. The van der Waals surface area contributed by atoms with Gasteiger partial charge in [0.2, 0.25) is 0 Å². The summed E-state index contributed by atoms with van der Waals surface area (Å²) >= 11 is 0. The lowest BCUT2D eigenvalue weighted by molar-refractivity contribution is -0.0584. The van der Waals surface area contributed by atoms with Crippen molar-refractivity contribution < 1.29 is 19.2 Å². The maximum atomic E-state index is 12.3. The van der Waals surface area contributed by atoms with Crippen LogP contribution in [0.25, 0.3) is 5.82 Å². The van der Waals surface area contributed by atoms with Gasteiger partial charge in [0, 0.05) is 18.6 Å². The van der Waals surface area contributed by atoms with Crippen LogP contribution in [0.2, 0.25) is 0 Å². The van der Waals surface area contributed by atoms with Gasteiger partial charge in [-0.25, -0.2) is 14.8 Å². The van der Waals surface area contributed by atoms with Crippen LogP contribution in [0.4, 0.5) is 0 Å². The number of pyridine rings is 1. The molecule has 0 unspecified atom stereocenters. The summed E-state index contributed by atoms with van der Waals surface area (Å²) in [4.78, 5) is 49.9. The number of hydrogen-bond acceptors (Lipinski definition) is 6. The zero-order chi connectivity index (χ0) is 17.4. The summed E-state index contributed by atoms with van der Waals surface area (Å²) in [6, 6.07) is 9.19. The molecule has 8 heteroatoms. The minimum atomic E-state index is -0.835. The lowest BCUT2D eigenvalue weighted by Crippen LogP contribution is -2.32. The summed E-state index contributed by atoms with van der Waals surface area (Å²) in [6.45, 7) is 0. The van der Waals surface area contributed by atoms with Crippen LogP contribution in [0, 0.1) is 0 Å². The Morgan fingerprint density at radius 2 is 1.72 bits per heavy atom. The van der Waals surface area contributed by atoms with Crippen LogP contribution in [0.15, 0.2) is 61.3 Å². The number of benzene rings is 1. The highest BCUT2D eigenvalue weighted by atomic mass is 16.7. The summed E-state index contributed by atoms with van der Waals surface area (Å²) in [5.74, 6) is -1.72. The number of nitrogens with zero attached hydrogens (tertiary/aromatic N) is 4. The lowest BCUT2D eigenvalue weighted by atomic mass is 10.1. The van der Waals surface area contributed by atoms with Gasteiger partial charge in [0.05, 0.1) is 16.7 Å². The van der Waals surface area contributed by atoms with Gasteiger partial charge in [0.25, 0.3) is 11.8 Å². The molecule has 0 saturated heterocycles. The van der Waals surface area contributed by atoms with Crippen LogP contribution in [-0.2, 0) is 4.84 Å². The van der Waals surface area contributed by atoms with E-state index in [2.05, 4.69) is 9.97 Å². The van der Waals surface area contributed by atoms with E-state index in [0.29, 0.717) is 10.9 Å². The average Bonchev–Trinajstić information content (AvgIpc) is 3.26. The molecule has 1 aliphatic heterocycles. The van der Waals surface area contributed by atoms with Crippen molar-refractivity contribution in [2.45, 2.75) is 0 Å². The highest BCUT2D eigenvalue weighted by molar-refractivity contribution is 6.21. The fraction of sp³-hybridized carbons (Fsp3) is 0. The molecule has 0 radical (unpaired) electrons. The molecular weight excluding hydrogens is 324 g/mol. The zero-order valence-electron chi connectivity index (χ0n) is 12.7. The van der Waals surface area contributed by atoms with Crippen LogP contribution in [0.5, 0.6) is 0 Å². The molecule has 1 aliphatic rings. The summed E-state index contributed by atoms with van der Waals surface area (Å²) < 4.78 is 1.61. The van der Waals surface area contributed by atoms with Crippen molar-refractivity contribution in [2.75, 3.05) is 0 Å². The van der Waals surface area contributed by atoms with Crippen molar-refractivity contribution in [1.29, 1.82) is 0 Å². The topological polar surface area (TPSA) is 94.4 Å². The second-order valence-corrected chi connectivity index (χ2v) is 5.20. The second-order valence-electron chi connectivity index (χ2n) is 5.20. The number of carbonyl (C=O) groups excluding carboxylic acids is 3. The van der Waals surface area contributed by atoms with Gasteiger partial charge in [-0.05, 0) is 24.3 Å². The third-order valence-corrected chi connectivity index (χ3v) is 3.68. The fourth-order valence-corrected chi connectivity index (χ4v) is 2.47. The van der Waals surface area contributed by atoms with E-state index in [-0.39, 0.29) is 16.7 Å². The monoisotopic (exact) mass is 334 g/mol. The molecule has 4 rings (SSSR count). The number of imide groups is 1. The Labute approximate surface area is 141 Å². The van der Waals surface area contributed by atoms with Crippen molar-refractivity contribution in [3.05, 3.63) is 78.0 Å². The standard InChI is InChI=1S/C17H10N4O4/c22-15-12-3-1-2-4-13(12)16(23)21(15)25-17(24)11-5-6-19-14(9-11)20-8-7-18-10-20/h1-10H. The van der Waals surface area contributed by atoms with E-state index in [1.165, 1.54) is 36.8 Å². The molecule has 2 aromatic heterocycles. The van der Waals surface area contributed by atoms with Crippen LogP contribution < -0.4 is 0 Å². The van der Waals surface area contributed by atoms with Gasteiger partial charge in [-0.1, -0.05) is 17.2 Å². The van der Waals surface area contributed by atoms with Gasteiger partial charge in [-0.2, -0.15) is 0 Å².